The van der Waals surface area contributed by atoms with Crippen molar-refractivity contribution in [3.63, 3.8) is 0 Å². The summed E-state index contributed by atoms with van der Waals surface area (Å²) in [6.45, 7) is 0.536. The standard InChI is InChI=1S/C10H10N2O2S/c11-8-9-2-4-10(5-3-9)12-6-1-7-15(12,13)14/h2-5H,1,6-7H2. The second-order valence-corrected chi connectivity index (χ2v) is 5.41. The molecule has 4 nitrogen and oxygen atoms in total. The van der Waals surface area contributed by atoms with Gasteiger partial charge in [-0.2, -0.15) is 5.26 Å². The molecular formula is C10H10N2O2S. The Morgan fingerprint density at radius 3 is 2.40 bits per heavy atom. The van der Waals surface area contributed by atoms with Crippen LogP contribution in [0.15, 0.2) is 24.3 Å². The molecule has 1 fully saturated rings. The second kappa shape index (κ2) is 3.55. The summed E-state index contributed by atoms with van der Waals surface area (Å²) in [5.41, 5.74) is 1.18. The topological polar surface area (TPSA) is 61.2 Å². The van der Waals surface area contributed by atoms with Crippen LogP contribution in [-0.4, -0.2) is 20.7 Å². The van der Waals surface area contributed by atoms with Crippen molar-refractivity contribution in [3.05, 3.63) is 29.8 Å². The quantitative estimate of drug-likeness (QED) is 0.714. The molecule has 78 valence electrons. The van der Waals surface area contributed by atoms with E-state index < -0.39 is 10.0 Å². The molecule has 0 amide bonds. The Labute approximate surface area is 88.8 Å². The van der Waals surface area contributed by atoms with Gasteiger partial charge in [0.1, 0.15) is 0 Å². The molecule has 0 N–H and O–H groups in total. The highest BCUT2D eigenvalue weighted by molar-refractivity contribution is 7.93. The molecule has 5 heteroatoms. The second-order valence-electron chi connectivity index (χ2n) is 3.40. The zero-order valence-electron chi connectivity index (χ0n) is 8.05. The van der Waals surface area contributed by atoms with Gasteiger partial charge < -0.3 is 0 Å². The minimum atomic E-state index is -3.11. The first-order valence-electron chi connectivity index (χ1n) is 4.64. The molecule has 0 saturated carbocycles. The van der Waals surface area contributed by atoms with E-state index in [9.17, 15) is 8.42 Å². The number of hydrogen-bond acceptors (Lipinski definition) is 3. The number of hydrogen-bond donors (Lipinski definition) is 0. The van der Waals surface area contributed by atoms with Gasteiger partial charge in [0.2, 0.25) is 10.0 Å². The lowest BCUT2D eigenvalue weighted by Crippen LogP contribution is -2.24. The summed E-state index contributed by atoms with van der Waals surface area (Å²) in [4.78, 5) is 0. The highest BCUT2D eigenvalue weighted by Crippen LogP contribution is 2.23. The first-order chi connectivity index (χ1) is 7.13. The Bertz CT molecular complexity index is 499. The number of nitrogens with zero attached hydrogens (tertiary/aromatic N) is 2. The average Bonchev–Trinajstić information content (AvgIpc) is 2.58. The molecule has 0 radical (unpaired) electrons. The van der Waals surface area contributed by atoms with Gasteiger partial charge in [0.05, 0.1) is 23.1 Å². The van der Waals surface area contributed by atoms with Crippen LogP contribution in [-0.2, 0) is 10.0 Å². The third-order valence-electron chi connectivity index (χ3n) is 2.38. The fourth-order valence-corrected chi connectivity index (χ4v) is 3.20. The lowest BCUT2D eigenvalue weighted by molar-refractivity contribution is 0.599. The lowest BCUT2D eigenvalue weighted by Gasteiger charge is -2.16. The maximum absolute atomic E-state index is 11.6. The largest absolute Gasteiger partial charge is 0.270 e. The molecule has 1 aliphatic heterocycles. The lowest BCUT2D eigenvalue weighted by atomic mass is 10.2. The Morgan fingerprint density at radius 2 is 1.93 bits per heavy atom. The predicted molar refractivity (Wildman–Crippen MR) is 56.9 cm³/mol. The van der Waals surface area contributed by atoms with Crippen molar-refractivity contribution in [2.24, 2.45) is 0 Å². The van der Waals surface area contributed by atoms with E-state index in [4.69, 9.17) is 5.26 Å². The predicted octanol–water partition coefficient (Wildman–Crippen LogP) is 1.10. The third-order valence-corrected chi connectivity index (χ3v) is 4.25. The summed E-state index contributed by atoms with van der Waals surface area (Å²) < 4.78 is 24.6. The fourth-order valence-electron chi connectivity index (χ4n) is 1.63. The molecule has 0 bridgehead atoms. The van der Waals surface area contributed by atoms with Crippen LogP contribution in [0.2, 0.25) is 0 Å². The highest BCUT2D eigenvalue weighted by atomic mass is 32.2. The van der Waals surface area contributed by atoms with Crippen molar-refractivity contribution in [2.75, 3.05) is 16.6 Å². The van der Waals surface area contributed by atoms with Crippen molar-refractivity contribution in [2.45, 2.75) is 6.42 Å². The van der Waals surface area contributed by atoms with Crippen LogP contribution in [0.4, 0.5) is 5.69 Å². The monoisotopic (exact) mass is 222 g/mol. The van der Waals surface area contributed by atoms with E-state index >= 15 is 0 Å². The number of anilines is 1. The van der Waals surface area contributed by atoms with Crippen LogP contribution in [0.5, 0.6) is 0 Å². The Hall–Kier alpha value is -1.54. The summed E-state index contributed by atoms with van der Waals surface area (Å²) in [6.07, 6.45) is 0.669. The fraction of sp³-hybridized carbons (Fsp3) is 0.300. The van der Waals surface area contributed by atoms with Crippen molar-refractivity contribution >= 4 is 15.7 Å². The van der Waals surface area contributed by atoms with E-state index in [0.717, 1.165) is 0 Å². The van der Waals surface area contributed by atoms with E-state index in [1.807, 2.05) is 6.07 Å². The van der Waals surface area contributed by atoms with Crippen molar-refractivity contribution in [3.8, 4) is 6.07 Å². The van der Waals surface area contributed by atoms with Gasteiger partial charge in [-0.1, -0.05) is 0 Å². The zero-order chi connectivity index (χ0) is 10.9. The minimum absolute atomic E-state index is 0.215. The highest BCUT2D eigenvalue weighted by Gasteiger charge is 2.28. The van der Waals surface area contributed by atoms with Crippen LogP contribution < -0.4 is 4.31 Å². The Morgan fingerprint density at radius 1 is 1.27 bits per heavy atom. The van der Waals surface area contributed by atoms with E-state index in [2.05, 4.69) is 0 Å². The smallest absolute Gasteiger partial charge is 0.235 e. The summed E-state index contributed by atoms with van der Waals surface area (Å²) >= 11 is 0. The van der Waals surface area contributed by atoms with Gasteiger partial charge in [-0.25, -0.2) is 8.42 Å². The van der Waals surface area contributed by atoms with E-state index in [-0.39, 0.29) is 5.75 Å². The van der Waals surface area contributed by atoms with E-state index in [1.165, 1.54) is 4.31 Å². The number of nitriles is 1. The molecule has 0 spiro atoms. The van der Waals surface area contributed by atoms with Gasteiger partial charge in [-0.05, 0) is 30.7 Å². The molecular weight excluding hydrogens is 212 g/mol. The summed E-state index contributed by atoms with van der Waals surface area (Å²) in [5.74, 6) is 0.215. The molecule has 0 atom stereocenters. The van der Waals surface area contributed by atoms with Gasteiger partial charge in [0.25, 0.3) is 0 Å². The van der Waals surface area contributed by atoms with Gasteiger partial charge >= 0.3 is 0 Å². The summed E-state index contributed by atoms with van der Waals surface area (Å²) in [7, 11) is -3.11. The van der Waals surface area contributed by atoms with Gasteiger partial charge in [-0.15, -0.1) is 0 Å². The van der Waals surface area contributed by atoms with Crippen LogP contribution >= 0.6 is 0 Å². The molecule has 1 aliphatic rings. The van der Waals surface area contributed by atoms with Gasteiger partial charge in [0.15, 0.2) is 0 Å². The third kappa shape index (κ3) is 1.81. The molecule has 0 aromatic heterocycles. The normalized spacial score (nSPS) is 18.7. The summed E-state index contributed by atoms with van der Waals surface area (Å²) in [6, 6.07) is 8.59. The Balaban J connectivity index is 2.35. The minimum Gasteiger partial charge on any atom is -0.270 e. The van der Waals surface area contributed by atoms with Crippen molar-refractivity contribution in [1.82, 2.24) is 0 Å². The average molecular weight is 222 g/mol. The van der Waals surface area contributed by atoms with Crippen LogP contribution in [0.3, 0.4) is 0 Å². The molecule has 1 saturated heterocycles. The van der Waals surface area contributed by atoms with Crippen LogP contribution in [0.25, 0.3) is 0 Å². The van der Waals surface area contributed by atoms with E-state index in [0.29, 0.717) is 24.2 Å². The first-order valence-corrected chi connectivity index (χ1v) is 6.25. The maximum Gasteiger partial charge on any atom is 0.235 e. The van der Waals surface area contributed by atoms with Crippen molar-refractivity contribution in [1.29, 1.82) is 5.26 Å². The molecule has 1 aromatic rings. The molecule has 2 rings (SSSR count). The number of sulfonamides is 1. The van der Waals surface area contributed by atoms with Crippen LogP contribution in [0.1, 0.15) is 12.0 Å². The molecule has 1 aromatic carbocycles. The molecule has 1 heterocycles. The van der Waals surface area contributed by atoms with Crippen molar-refractivity contribution < 1.29 is 8.42 Å². The Kier molecular flexibility index (Phi) is 2.37. The van der Waals surface area contributed by atoms with Gasteiger partial charge in [0, 0.05) is 6.54 Å². The maximum atomic E-state index is 11.6. The van der Waals surface area contributed by atoms with Crippen LogP contribution in [0, 0.1) is 11.3 Å². The van der Waals surface area contributed by atoms with Gasteiger partial charge in [-0.3, -0.25) is 4.31 Å². The first kappa shape index (κ1) is 9.99. The number of rotatable bonds is 1. The zero-order valence-corrected chi connectivity index (χ0v) is 8.87. The molecule has 0 unspecified atom stereocenters. The molecule has 15 heavy (non-hydrogen) atoms. The van der Waals surface area contributed by atoms with E-state index in [1.54, 1.807) is 24.3 Å². The SMILES string of the molecule is N#Cc1ccc(N2CCCS2(=O)=O)cc1. The number of benzene rings is 1. The summed E-state index contributed by atoms with van der Waals surface area (Å²) in [5, 5.41) is 8.61. The molecule has 0 aliphatic carbocycles.